The molecule has 0 spiro atoms. The van der Waals surface area contributed by atoms with Crippen LogP contribution in [0.1, 0.15) is 0 Å². The molecule has 258 valence electrons. The standard InChI is InChI=1S/C52H33NOS/c1-2-12-41-35(10-1)11-9-16-42(41)36-22-28-40(29-23-36)53(39-26-20-34(21-27-39)37-25-31-50-47(32-37)44-14-4-7-18-49(44)54-50)48-17-6-3-13-43(48)38-24-30-46-45-15-5-8-19-51(45)55-52(46)33-38/h1-33H. The summed E-state index contributed by atoms with van der Waals surface area (Å²) in [6.45, 7) is 0. The van der Waals surface area contributed by atoms with E-state index in [1.807, 2.05) is 23.5 Å². The molecule has 9 aromatic carbocycles. The minimum atomic E-state index is 0.908. The average molecular weight is 720 g/mol. The topological polar surface area (TPSA) is 16.4 Å². The Hall–Kier alpha value is -6.94. The van der Waals surface area contributed by atoms with Crippen molar-refractivity contribution < 1.29 is 4.42 Å². The zero-order valence-corrected chi connectivity index (χ0v) is 30.6. The van der Waals surface area contributed by atoms with Crippen LogP contribution in [0.25, 0.3) is 86.3 Å². The summed E-state index contributed by atoms with van der Waals surface area (Å²) in [4.78, 5) is 2.40. The zero-order chi connectivity index (χ0) is 36.3. The minimum Gasteiger partial charge on any atom is -0.456 e. The summed E-state index contributed by atoms with van der Waals surface area (Å²) in [7, 11) is 0. The van der Waals surface area contributed by atoms with Crippen molar-refractivity contribution in [3.8, 4) is 33.4 Å². The van der Waals surface area contributed by atoms with Crippen molar-refractivity contribution in [2.45, 2.75) is 0 Å². The van der Waals surface area contributed by atoms with Gasteiger partial charge in [0.25, 0.3) is 0 Å². The van der Waals surface area contributed by atoms with Crippen LogP contribution in [-0.2, 0) is 0 Å². The molecule has 0 fully saturated rings. The number of nitrogens with zero attached hydrogens (tertiary/aromatic N) is 1. The Morgan fingerprint density at radius 3 is 1.80 bits per heavy atom. The smallest absolute Gasteiger partial charge is 0.135 e. The van der Waals surface area contributed by atoms with E-state index in [9.17, 15) is 0 Å². The summed E-state index contributed by atoms with van der Waals surface area (Å²) < 4.78 is 8.74. The summed E-state index contributed by atoms with van der Waals surface area (Å²) in [5.74, 6) is 0. The van der Waals surface area contributed by atoms with Crippen LogP contribution in [0.5, 0.6) is 0 Å². The van der Waals surface area contributed by atoms with Gasteiger partial charge in [0.2, 0.25) is 0 Å². The molecule has 55 heavy (non-hydrogen) atoms. The van der Waals surface area contributed by atoms with Gasteiger partial charge in [0.05, 0.1) is 5.69 Å². The highest BCUT2D eigenvalue weighted by atomic mass is 32.1. The van der Waals surface area contributed by atoms with Crippen molar-refractivity contribution >= 4 is 81.3 Å². The molecule has 0 aliphatic rings. The Morgan fingerprint density at radius 1 is 0.345 bits per heavy atom. The zero-order valence-electron chi connectivity index (χ0n) is 29.8. The van der Waals surface area contributed by atoms with Gasteiger partial charge in [0.15, 0.2) is 0 Å². The Bertz CT molecular complexity index is 3200. The van der Waals surface area contributed by atoms with Crippen molar-refractivity contribution in [1.29, 1.82) is 0 Å². The first kappa shape index (κ1) is 31.6. The molecule has 0 bridgehead atoms. The number of rotatable bonds is 6. The van der Waals surface area contributed by atoms with Crippen LogP contribution in [0.4, 0.5) is 17.1 Å². The number of fused-ring (bicyclic) bond motifs is 7. The van der Waals surface area contributed by atoms with Crippen molar-refractivity contribution in [1.82, 2.24) is 0 Å². The number of furan rings is 1. The minimum absolute atomic E-state index is 0.908. The van der Waals surface area contributed by atoms with Gasteiger partial charge in [-0.1, -0.05) is 140 Å². The van der Waals surface area contributed by atoms with Crippen LogP contribution >= 0.6 is 11.3 Å². The predicted molar refractivity (Wildman–Crippen MR) is 235 cm³/mol. The third kappa shape index (κ3) is 5.40. The largest absolute Gasteiger partial charge is 0.456 e. The molecule has 2 nitrogen and oxygen atoms in total. The molecule has 2 aromatic heterocycles. The van der Waals surface area contributed by atoms with Gasteiger partial charge in [0, 0.05) is 47.9 Å². The predicted octanol–water partition coefficient (Wildman–Crippen LogP) is 15.6. The lowest BCUT2D eigenvalue weighted by atomic mass is 9.97. The molecule has 0 atom stereocenters. The van der Waals surface area contributed by atoms with Crippen molar-refractivity contribution in [2.24, 2.45) is 0 Å². The molecule has 2 heterocycles. The van der Waals surface area contributed by atoms with Crippen molar-refractivity contribution in [3.63, 3.8) is 0 Å². The van der Waals surface area contributed by atoms with Gasteiger partial charge in [-0.05, 0) is 99.3 Å². The molecule has 11 rings (SSSR count). The second-order valence-electron chi connectivity index (χ2n) is 14.1. The highest BCUT2D eigenvalue weighted by molar-refractivity contribution is 7.25. The summed E-state index contributed by atoms with van der Waals surface area (Å²) in [6, 6.07) is 72.3. The summed E-state index contributed by atoms with van der Waals surface area (Å²) in [6.07, 6.45) is 0. The van der Waals surface area contributed by atoms with Gasteiger partial charge in [0.1, 0.15) is 11.2 Å². The van der Waals surface area contributed by atoms with Crippen LogP contribution < -0.4 is 4.90 Å². The second kappa shape index (κ2) is 12.9. The van der Waals surface area contributed by atoms with Crippen LogP contribution in [0.15, 0.2) is 205 Å². The number of hydrogen-bond acceptors (Lipinski definition) is 3. The first-order valence-electron chi connectivity index (χ1n) is 18.7. The molecule has 0 saturated carbocycles. The number of thiophene rings is 1. The number of para-hydroxylation sites is 2. The third-order valence-corrected chi connectivity index (χ3v) is 12.0. The van der Waals surface area contributed by atoms with Crippen LogP contribution in [-0.4, -0.2) is 0 Å². The van der Waals surface area contributed by atoms with Crippen molar-refractivity contribution in [3.05, 3.63) is 200 Å². The molecule has 0 amide bonds. The lowest BCUT2D eigenvalue weighted by molar-refractivity contribution is 0.669. The van der Waals surface area contributed by atoms with Gasteiger partial charge < -0.3 is 9.32 Å². The summed E-state index contributed by atoms with van der Waals surface area (Å²) in [5, 5.41) is 7.40. The Balaban J connectivity index is 1.04. The molecule has 0 aliphatic heterocycles. The molecular weight excluding hydrogens is 687 g/mol. The van der Waals surface area contributed by atoms with E-state index < -0.39 is 0 Å². The number of hydrogen-bond donors (Lipinski definition) is 0. The van der Waals surface area contributed by atoms with E-state index in [-0.39, 0.29) is 0 Å². The quantitative estimate of drug-likeness (QED) is 0.170. The van der Waals surface area contributed by atoms with Gasteiger partial charge in [-0.2, -0.15) is 0 Å². The SMILES string of the molecule is c1ccc(N(c2ccc(-c3ccc4oc5ccccc5c4c3)cc2)c2ccc(-c3cccc4ccccc34)cc2)c(-c2ccc3c(c2)sc2ccccc23)c1. The van der Waals surface area contributed by atoms with E-state index in [2.05, 4.69) is 193 Å². The Kier molecular flexibility index (Phi) is 7.39. The van der Waals surface area contributed by atoms with E-state index in [4.69, 9.17) is 4.42 Å². The van der Waals surface area contributed by atoms with E-state index >= 15 is 0 Å². The number of benzene rings is 9. The summed E-state index contributed by atoms with van der Waals surface area (Å²) in [5.41, 5.74) is 12.3. The maximum absolute atomic E-state index is 6.13. The first-order valence-corrected chi connectivity index (χ1v) is 19.5. The Labute approximate surface area is 322 Å². The molecule has 3 heteroatoms. The first-order chi connectivity index (χ1) is 27.2. The number of anilines is 3. The molecule has 0 saturated heterocycles. The fraction of sp³-hybridized carbons (Fsp3) is 0. The highest BCUT2D eigenvalue weighted by Gasteiger charge is 2.19. The monoisotopic (exact) mass is 719 g/mol. The highest BCUT2D eigenvalue weighted by Crippen LogP contribution is 2.44. The lowest BCUT2D eigenvalue weighted by Crippen LogP contribution is -2.11. The fourth-order valence-electron chi connectivity index (χ4n) is 8.21. The lowest BCUT2D eigenvalue weighted by Gasteiger charge is -2.28. The van der Waals surface area contributed by atoms with Crippen molar-refractivity contribution in [2.75, 3.05) is 4.90 Å². The van der Waals surface area contributed by atoms with Crippen LogP contribution in [0.3, 0.4) is 0 Å². The van der Waals surface area contributed by atoms with Gasteiger partial charge in [-0.3, -0.25) is 0 Å². The second-order valence-corrected chi connectivity index (χ2v) is 15.2. The van der Waals surface area contributed by atoms with Crippen LogP contribution in [0, 0.1) is 0 Å². The van der Waals surface area contributed by atoms with Crippen LogP contribution in [0.2, 0.25) is 0 Å². The van der Waals surface area contributed by atoms with E-state index in [1.165, 1.54) is 53.2 Å². The molecule has 0 N–H and O–H groups in total. The molecule has 11 aromatic rings. The third-order valence-electron chi connectivity index (χ3n) is 10.9. The average Bonchev–Trinajstić information content (AvgIpc) is 3.82. The van der Waals surface area contributed by atoms with E-state index in [1.54, 1.807) is 0 Å². The molecule has 0 radical (unpaired) electrons. The molecular formula is C52H33NOS. The van der Waals surface area contributed by atoms with Gasteiger partial charge in [-0.15, -0.1) is 11.3 Å². The Morgan fingerprint density at radius 2 is 0.945 bits per heavy atom. The summed E-state index contributed by atoms with van der Waals surface area (Å²) >= 11 is 1.86. The normalized spacial score (nSPS) is 11.6. The molecule has 0 unspecified atom stereocenters. The van der Waals surface area contributed by atoms with Gasteiger partial charge in [-0.25, -0.2) is 0 Å². The maximum atomic E-state index is 6.13. The maximum Gasteiger partial charge on any atom is 0.135 e. The van der Waals surface area contributed by atoms with Gasteiger partial charge >= 0.3 is 0 Å². The van der Waals surface area contributed by atoms with E-state index in [0.717, 1.165) is 50.1 Å². The fourth-order valence-corrected chi connectivity index (χ4v) is 9.35. The molecule has 0 aliphatic carbocycles. The van der Waals surface area contributed by atoms with E-state index in [0.29, 0.717) is 0 Å².